The smallest absolute Gasteiger partial charge is 0.0546 e. The van der Waals surface area contributed by atoms with Crippen molar-refractivity contribution in [3.05, 3.63) is 0 Å². The second kappa shape index (κ2) is 3.05. The van der Waals surface area contributed by atoms with E-state index in [0.29, 0.717) is 0 Å². The summed E-state index contributed by atoms with van der Waals surface area (Å²) in [7, 11) is 0. The Morgan fingerprint density at radius 2 is 2.12 bits per heavy atom. The van der Waals surface area contributed by atoms with Gasteiger partial charge in [0.1, 0.15) is 0 Å². The summed E-state index contributed by atoms with van der Waals surface area (Å²) in [5.74, 6) is 0. The molecule has 0 aromatic rings. The minimum Gasteiger partial charge on any atom is -0.316 e. The highest BCUT2D eigenvalue weighted by Crippen LogP contribution is 2.03. The third-order valence-electron chi connectivity index (χ3n) is 1.60. The largest absolute Gasteiger partial charge is 0.316 e. The van der Waals surface area contributed by atoms with Crippen LogP contribution < -0.4 is 11.1 Å². The van der Waals surface area contributed by atoms with Gasteiger partial charge in [0.05, 0.1) is 6.17 Å². The van der Waals surface area contributed by atoms with Crippen LogP contribution in [0, 0.1) is 0 Å². The molecule has 0 amide bonds. The van der Waals surface area contributed by atoms with Crippen molar-refractivity contribution in [2.45, 2.75) is 31.8 Å². The summed E-state index contributed by atoms with van der Waals surface area (Å²) in [6, 6.07) is 0. The van der Waals surface area contributed by atoms with Gasteiger partial charge in [-0.15, -0.1) is 0 Å². The second-order valence-electron chi connectivity index (χ2n) is 2.41. The van der Waals surface area contributed by atoms with Crippen molar-refractivity contribution in [1.29, 1.82) is 0 Å². The summed E-state index contributed by atoms with van der Waals surface area (Å²) in [6.07, 6.45) is 5.38. The van der Waals surface area contributed by atoms with Crippen molar-refractivity contribution in [2.75, 3.05) is 6.54 Å². The summed E-state index contributed by atoms with van der Waals surface area (Å²) in [5.41, 5.74) is 5.62. The lowest BCUT2D eigenvalue weighted by molar-refractivity contribution is 0.528. The average molecular weight is 114 g/mol. The summed E-state index contributed by atoms with van der Waals surface area (Å²) in [6.45, 7) is 1.11. The highest BCUT2D eigenvalue weighted by Gasteiger charge is 2.03. The van der Waals surface area contributed by atoms with Crippen LogP contribution in [-0.4, -0.2) is 12.7 Å². The molecule has 0 saturated carbocycles. The molecule has 0 aromatic carbocycles. The quantitative estimate of drug-likeness (QED) is 0.479. The van der Waals surface area contributed by atoms with Crippen molar-refractivity contribution < 1.29 is 0 Å². The van der Waals surface area contributed by atoms with Gasteiger partial charge < -0.3 is 11.1 Å². The predicted molar refractivity (Wildman–Crippen MR) is 34.4 cm³/mol. The van der Waals surface area contributed by atoms with Crippen molar-refractivity contribution in [2.24, 2.45) is 5.73 Å². The molecular formula is C6H14N2. The third kappa shape index (κ3) is 1.80. The minimum absolute atomic E-state index is 0.275. The van der Waals surface area contributed by atoms with E-state index in [1.807, 2.05) is 0 Å². The molecule has 1 heterocycles. The fourth-order valence-electron chi connectivity index (χ4n) is 1.06. The molecule has 1 atom stereocenters. The lowest BCUT2D eigenvalue weighted by atomic mass is 10.2. The van der Waals surface area contributed by atoms with Gasteiger partial charge in [-0.2, -0.15) is 0 Å². The van der Waals surface area contributed by atoms with Crippen LogP contribution in [0.4, 0.5) is 0 Å². The molecule has 2 nitrogen and oxygen atoms in total. The predicted octanol–water partition coefficient (Wildman–Crippen LogP) is 0.435. The molecule has 0 aliphatic carbocycles. The number of hydrogen-bond donors (Lipinski definition) is 2. The zero-order valence-corrected chi connectivity index (χ0v) is 5.19. The van der Waals surface area contributed by atoms with Crippen LogP contribution in [0.15, 0.2) is 0 Å². The summed E-state index contributed by atoms with van der Waals surface area (Å²) >= 11 is 0. The number of hydrogen-bond acceptors (Lipinski definition) is 2. The van der Waals surface area contributed by atoms with Crippen LogP contribution in [0.25, 0.3) is 0 Å². The SMILES string of the molecule is N[C@@H]1CCCCCN1. The van der Waals surface area contributed by atoms with E-state index in [1.54, 1.807) is 0 Å². The Balaban J connectivity index is 2.17. The number of nitrogens with one attached hydrogen (secondary N) is 1. The normalized spacial score (nSPS) is 31.9. The molecule has 0 unspecified atom stereocenters. The summed E-state index contributed by atoms with van der Waals surface area (Å²) < 4.78 is 0. The molecule has 0 aromatic heterocycles. The van der Waals surface area contributed by atoms with Crippen LogP contribution in [0.5, 0.6) is 0 Å². The molecule has 1 aliphatic rings. The number of nitrogens with two attached hydrogens (primary N) is 1. The van der Waals surface area contributed by atoms with E-state index >= 15 is 0 Å². The van der Waals surface area contributed by atoms with Crippen molar-refractivity contribution >= 4 is 0 Å². The molecule has 8 heavy (non-hydrogen) atoms. The fraction of sp³-hybridized carbons (Fsp3) is 1.00. The van der Waals surface area contributed by atoms with Crippen molar-refractivity contribution in [1.82, 2.24) is 5.32 Å². The molecule has 0 radical (unpaired) electrons. The zero-order valence-electron chi connectivity index (χ0n) is 5.19. The Bertz CT molecular complexity index is 55.5. The molecule has 1 saturated heterocycles. The van der Waals surface area contributed by atoms with E-state index in [1.165, 1.54) is 19.3 Å². The summed E-state index contributed by atoms with van der Waals surface area (Å²) in [5, 5.41) is 3.22. The maximum Gasteiger partial charge on any atom is 0.0546 e. The first-order chi connectivity index (χ1) is 3.89. The van der Waals surface area contributed by atoms with Crippen LogP contribution in [0.2, 0.25) is 0 Å². The Hall–Kier alpha value is -0.0800. The minimum atomic E-state index is 0.275. The van der Waals surface area contributed by atoms with Gasteiger partial charge in [-0.3, -0.25) is 0 Å². The van der Waals surface area contributed by atoms with Crippen LogP contribution in [0.3, 0.4) is 0 Å². The molecule has 3 N–H and O–H groups in total. The Morgan fingerprint density at radius 3 is 3.00 bits per heavy atom. The van der Waals surface area contributed by atoms with Crippen LogP contribution >= 0.6 is 0 Å². The molecule has 1 rings (SSSR count). The second-order valence-corrected chi connectivity index (χ2v) is 2.41. The first-order valence-corrected chi connectivity index (χ1v) is 3.38. The van der Waals surface area contributed by atoms with Gasteiger partial charge in [0.25, 0.3) is 0 Å². The standard InChI is InChI=1S/C6H14N2/c7-6-4-2-1-3-5-8-6/h6,8H,1-5,7H2/t6-/m0/s1. The topological polar surface area (TPSA) is 38.0 Å². The van der Waals surface area contributed by atoms with E-state index in [2.05, 4.69) is 5.32 Å². The molecule has 2 heteroatoms. The van der Waals surface area contributed by atoms with Crippen molar-refractivity contribution in [3.8, 4) is 0 Å². The maximum atomic E-state index is 5.62. The molecular weight excluding hydrogens is 100 g/mol. The summed E-state index contributed by atoms with van der Waals surface area (Å²) in [4.78, 5) is 0. The average Bonchev–Trinajstić information content (AvgIpc) is 1.94. The monoisotopic (exact) mass is 114 g/mol. The molecule has 48 valence electrons. The van der Waals surface area contributed by atoms with E-state index in [9.17, 15) is 0 Å². The highest BCUT2D eigenvalue weighted by atomic mass is 15.0. The Morgan fingerprint density at radius 1 is 1.25 bits per heavy atom. The zero-order chi connectivity index (χ0) is 5.82. The lowest BCUT2D eigenvalue weighted by Gasteiger charge is -2.06. The fourth-order valence-corrected chi connectivity index (χ4v) is 1.06. The van der Waals surface area contributed by atoms with Gasteiger partial charge in [0.2, 0.25) is 0 Å². The van der Waals surface area contributed by atoms with Gasteiger partial charge in [-0.05, 0) is 19.4 Å². The van der Waals surface area contributed by atoms with Gasteiger partial charge in [-0.1, -0.05) is 12.8 Å². The first kappa shape index (κ1) is 6.05. The van der Waals surface area contributed by atoms with E-state index < -0.39 is 0 Å². The van der Waals surface area contributed by atoms with Crippen molar-refractivity contribution in [3.63, 3.8) is 0 Å². The lowest BCUT2D eigenvalue weighted by Crippen LogP contribution is -2.36. The molecule has 1 aliphatic heterocycles. The van der Waals surface area contributed by atoms with Gasteiger partial charge >= 0.3 is 0 Å². The van der Waals surface area contributed by atoms with E-state index in [4.69, 9.17) is 5.73 Å². The van der Waals surface area contributed by atoms with Gasteiger partial charge in [0.15, 0.2) is 0 Å². The highest BCUT2D eigenvalue weighted by molar-refractivity contribution is 4.63. The number of rotatable bonds is 0. The van der Waals surface area contributed by atoms with Gasteiger partial charge in [-0.25, -0.2) is 0 Å². The van der Waals surface area contributed by atoms with E-state index in [0.717, 1.165) is 13.0 Å². The van der Waals surface area contributed by atoms with Crippen LogP contribution in [0.1, 0.15) is 25.7 Å². The first-order valence-electron chi connectivity index (χ1n) is 3.38. The Labute approximate surface area is 50.4 Å². The van der Waals surface area contributed by atoms with E-state index in [-0.39, 0.29) is 6.17 Å². The van der Waals surface area contributed by atoms with Gasteiger partial charge in [0, 0.05) is 0 Å². The molecule has 1 fully saturated rings. The molecule has 0 spiro atoms. The Kier molecular flexibility index (Phi) is 2.30. The molecule has 0 bridgehead atoms. The third-order valence-corrected chi connectivity index (χ3v) is 1.60. The maximum absolute atomic E-state index is 5.62. The van der Waals surface area contributed by atoms with Crippen LogP contribution in [-0.2, 0) is 0 Å².